The molecule has 0 aliphatic heterocycles. The highest BCUT2D eigenvalue weighted by Gasteiger charge is 2.18. The normalized spacial score (nSPS) is 17.7. The van der Waals surface area contributed by atoms with E-state index in [1.807, 2.05) is 18.2 Å². The van der Waals surface area contributed by atoms with Crippen LogP contribution in [0.3, 0.4) is 0 Å². The van der Waals surface area contributed by atoms with Gasteiger partial charge in [0.1, 0.15) is 0 Å². The van der Waals surface area contributed by atoms with Crippen LogP contribution in [0.15, 0.2) is 36.7 Å². The van der Waals surface area contributed by atoms with Gasteiger partial charge in [0.15, 0.2) is 0 Å². The van der Waals surface area contributed by atoms with Crippen LogP contribution in [0.5, 0.6) is 0 Å². The van der Waals surface area contributed by atoms with E-state index in [-0.39, 0.29) is 6.04 Å². The fourth-order valence-corrected chi connectivity index (χ4v) is 2.78. The molecule has 0 spiro atoms. The Balaban J connectivity index is 1.66. The third-order valence-electron chi connectivity index (χ3n) is 3.86. The Bertz CT molecular complexity index is 514. The summed E-state index contributed by atoms with van der Waals surface area (Å²) in [5.41, 5.74) is 8.17. The van der Waals surface area contributed by atoms with E-state index in [0.717, 1.165) is 17.8 Å². The van der Waals surface area contributed by atoms with Gasteiger partial charge in [0, 0.05) is 18.8 Å². The van der Waals surface area contributed by atoms with Crippen molar-refractivity contribution in [1.82, 2.24) is 14.8 Å². The number of nitrogens with two attached hydrogens (primary N) is 1. The van der Waals surface area contributed by atoms with Gasteiger partial charge in [0.2, 0.25) is 0 Å². The van der Waals surface area contributed by atoms with Gasteiger partial charge in [0.25, 0.3) is 0 Å². The number of pyridine rings is 1. The summed E-state index contributed by atoms with van der Waals surface area (Å²) in [5.74, 6) is 0. The Morgan fingerprint density at radius 3 is 2.84 bits per heavy atom. The molecular weight excluding hydrogens is 236 g/mol. The van der Waals surface area contributed by atoms with Crippen LogP contribution in [-0.4, -0.2) is 14.8 Å². The molecule has 2 aromatic heterocycles. The van der Waals surface area contributed by atoms with Gasteiger partial charge in [-0.25, -0.2) is 0 Å². The molecule has 100 valence electrons. The van der Waals surface area contributed by atoms with Crippen LogP contribution in [0.4, 0.5) is 0 Å². The maximum absolute atomic E-state index is 6.18. The zero-order valence-corrected chi connectivity index (χ0v) is 11.1. The fraction of sp³-hybridized carbons (Fsp3) is 0.467. The van der Waals surface area contributed by atoms with E-state index >= 15 is 0 Å². The number of rotatable bonds is 4. The Morgan fingerprint density at radius 2 is 2.11 bits per heavy atom. The average molecular weight is 256 g/mol. The average Bonchev–Trinajstić information content (AvgIpc) is 3.10. The van der Waals surface area contributed by atoms with Crippen molar-refractivity contribution in [2.75, 3.05) is 0 Å². The maximum atomic E-state index is 6.18. The summed E-state index contributed by atoms with van der Waals surface area (Å²) < 4.78 is 2.12. The molecule has 0 amide bonds. The maximum Gasteiger partial charge on any atom is 0.0644 e. The summed E-state index contributed by atoms with van der Waals surface area (Å²) in [6, 6.07) is 8.46. The molecule has 1 aliphatic carbocycles. The SMILES string of the molecule is NC(Cc1ccn(C2CCCC2)n1)c1ccccn1. The second-order valence-corrected chi connectivity index (χ2v) is 5.29. The van der Waals surface area contributed by atoms with Crippen molar-refractivity contribution in [3.8, 4) is 0 Å². The van der Waals surface area contributed by atoms with Gasteiger partial charge in [-0.2, -0.15) is 5.10 Å². The minimum absolute atomic E-state index is 0.0758. The number of nitrogens with zero attached hydrogens (tertiary/aromatic N) is 3. The first-order valence-corrected chi connectivity index (χ1v) is 7.03. The van der Waals surface area contributed by atoms with E-state index in [1.165, 1.54) is 25.7 Å². The molecule has 0 bridgehead atoms. The molecule has 1 atom stereocenters. The van der Waals surface area contributed by atoms with Crippen LogP contribution in [0.25, 0.3) is 0 Å². The summed E-state index contributed by atoms with van der Waals surface area (Å²) in [6.45, 7) is 0. The highest BCUT2D eigenvalue weighted by atomic mass is 15.3. The second-order valence-electron chi connectivity index (χ2n) is 5.29. The third-order valence-corrected chi connectivity index (χ3v) is 3.86. The first kappa shape index (κ1) is 12.4. The fourth-order valence-electron chi connectivity index (χ4n) is 2.78. The predicted octanol–water partition coefficient (Wildman–Crippen LogP) is 2.64. The number of hydrogen-bond acceptors (Lipinski definition) is 3. The summed E-state index contributed by atoms with van der Waals surface area (Å²) in [5, 5.41) is 4.67. The highest BCUT2D eigenvalue weighted by molar-refractivity contribution is 5.12. The molecule has 2 heterocycles. The van der Waals surface area contributed by atoms with Gasteiger partial charge in [-0.1, -0.05) is 18.9 Å². The van der Waals surface area contributed by atoms with Gasteiger partial charge in [0.05, 0.1) is 23.5 Å². The van der Waals surface area contributed by atoms with Crippen LogP contribution in [0.2, 0.25) is 0 Å². The van der Waals surface area contributed by atoms with Crippen molar-refractivity contribution in [3.63, 3.8) is 0 Å². The van der Waals surface area contributed by atoms with Gasteiger partial charge >= 0.3 is 0 Å². The molecule has 0 aromatic carbocycles. The predicted molar refractivity (Wildman–Crippen MR) is 74.6 cm³/mol. The van der Waals surface area contributed by atoms with Crippen molar-refractivity contribution in [3.05, 3.63) is 48.0 Å². The van der Waals surface area contributed by atoms with Crippen molar-refractivity contribution >= 4 is 0 Å². The molecule has 1 saturated carbocycles. The van der Waals surface area contributed by atoms with Gasteiger partial charge < -0.3 is 5.73 Å². The monoisotopic (exact) mass is 256 g/mol. The van der Waals surface area contributed by atoms with E-state index in [9.17, 15) is 0 Å². The van der Waals surface area contributed by atoms with E-state index in [1.54, 1.807) is 6.20 Å². The van der Waals surface area contributed by atoms with Crippen LogP contribution in [0.1, 0.15) is 49.2 Å². The van der Waals surface area contributed by atoms with E-state index in [2.05, 4.69) is 27.0 Å². The molecule has 1 fully saturated rings. The largest absolute Gasteiger partial charge is 0.322 e. The molecular formula is C15H20N4. The van der Waals surface area contributed by atoms with Gasteiger partial charge in [-0.15, -0.1) is 0 Å². The topological polar surface area (TPSA) is 56.7 Å². The third kappa shape index (κ3) is 2.84. The van der Waals surface area contributed by atoms with Crippen molar-refractivity contribution in [2.45, 2.75) is 44.2 Å². The quantitative estimate of drug-likeness (QED) is 0.915. The lowest BCUT2D eigenvalue weighted by Crippen LogP contribution is -2.15. The summed E-state index contributed by atoms with van der Waals surface area (Å²) in [6.07, 6.45) is 9.79. The van der Waals surface area contributed by atoms with Crippen molar-refractivity contribution in [1.29, 1.82) is 0 Å². The van der Waals surface area contributed by atoms with E-state index in [4.69, 9.17) is 5.73 Å². The standard InChI is InChI=1S/C15H20N4/c16-14(15-7-3-4-9-17-15)11-12-8-10-19(18-12)13-5-1-2-6-13/h3-4,7-10,13-14H,1-2,5-6,11,16H2. The zero-order valence-electron chi connectivity index (χ0n) is 11.1. The zero-order chi connectivity index (χ0) is 13.1. The molecule has 0 saturated heterocycles. The Hall–Kier alpha value is -1.68. The van der Waals surface area contributed by atoms with Crippen LogP contribution in [-0.2, 0) is 6.42 Å². The molecule has 4 nitrogen and oxygen atoms in total. The van der Waals surface area contributed by atoms with Gasteiger partial charge in [-0.05, 0) is 31.0 Å². The number of hydrogen-bond donors (Lipinski definition) is 1. The van der Waals surface area contributed by atoms with Crippen LogP contribution < -0.4 is 5.73 Å². The first-order chi connectivity index (χ1) is 9.33. The molecule has 2 N–H and O–H groups in total. The Labute approximate surface area is 113 Å². The molecule has 2 aromatic rings. The van der Waals surface area contributed by atoms with Crippen molar-refractivity contribution in [2.24, 2.45) is 5.73 Å². The Morgan fingerprint density at radius 1 is 1.26 bits per heavy atom. The Kier molecular flexibility index (Phi) is 3.60. The lowest BCUT2D eigenvalue weighted by atomic mass is 10.1. The smallest absolute Gasteiger partial charge is 0.0644 e. The lowest BCUT2D eigenvalue weighted by Gasteiger charge is -2.10. The van der Waals surface area contributed by atoms with Crippen LogP contribution in [0, 0.1) is 0 Å². The minimum atomic E-state index is -0.0758. The summed E-state index contributed by atoms with van der Waals surface area (Å²) >= 11 is 0. The molecule has 0 radical (unpaired) electrons. The highest BCUT2D eigenvalue weighted by Crippen LogP contribution is 2.28. The lowest BCUT2D eigenvalue weighted by molar-refractivity contribution is 0.461. The number of aromatic nitrogens is 3. The molecule has 3 rings (SSSR count). The molecule has 1 aliphatic rings. The summed E-state index contributed by atoms with van der Waals surface area (Å²) in [4.78, 5) is 4.30. The molecule has 19 heavy (non-hydrogen) atoms. The first-order valence-electron chi connectivity index (χ1n) is 7.03. The minimum Gasteiger partial charge on any atom is -0.322 e. The van der Waals surface area contributed by atoms with E-state index < -0.39 is 0 Å². The molecule has 4 heteroatoms. The second kappa shape index (κ2) is 5.53. The van der Waals surface area contributed by atoms with Crippen LogP contribution >= 0.6 is 0 Å². The summed E-state index contributed by atoms with van der Waals surface area (Å²) in [7, 11) is 0. The van der Waals surface area contributed by atoms with Crippen molar-refractivity contribution < 1.29 is 0 Å². The molecule has 1 unspecified atom stereocenters. The van der Waals surface area contributed by atoms with E-state index in [0.29, 0.717) is 6.04 Å². The van der Waals surface area contributed by atoms with Gasteiger partial charge in [-0.3, -0.25) is 9.67 Å².